The molecule has 0 aromatic heterocycles. The molecule has 10 nitrogen and oxygen atoms in total. The van der Waals surface area contributed by atoms with Crippen molar-refractivity contribution in [2.45, 2.75) is 58.2 Å². The van der Waals surface area contributed by atoms with Crippen molar-refractivity contribution in [1.29, 1.82) is 0 Å². The van der Waals surface area contributed by atoms with Crippen LogP contribution in [-0.4, -0.2) is 53.3 Å². The molecule has 6 N–H and O–H groups in total. The summed E-state index contributed by atoms with van der Waals surface area (Å²) in [6.07, 6.45) is -0.364. The molecule has 0 aromatic rings. The van der Waals surface area contributed by atoms with E-state index in [4.69, 9.17) is 15.6 Å². The lowest BCUT2D eigenvalue weighted by Crippen LogP contribution is -2.51. The van der Waals surface area contributed by atoms with Crippen LogP contribution in [0.5, 0.6) is 0 Å². The standard InChI is InChI=1S/C14H26N4O6/c1-8(17-13(23)24-14(2,3)4)10(19)18-9(11(20)21)6-5-7-16-12(15)22/h8-9H,5-7H2,1-4H3,(H,17,23)(H,18,19)(H,20,21)(H3,15,16,22)/t8-,9-/m0/s1. The van der Waals surface area contributed by atoms with Crippen molar-refractivity contribution < 1.29 is 29.0 Å². The van der Waals surface area contributed by atoms with E-state index in [0.29, 0.717) is 6.42 Å². The summed E-state index contributed by atoms with van der Waals surface area (Å²) in [5, 5.41) is 16.1. The smallest absolute Gasteiger partial charge is 0.408 e. The van der Waals surface area contributed by atoms with Crippen LogP contribution >= 0.6 is 0 Å². The van der Waals surface area contributed by atoms with E-state index < -0.39 is 41.7 Å². The second-order valence-electron chi connectivity index (χ2n) is 6.20. The summed E-state index contributed by atoms with van der Waals surface area (Å²) < 4.78 is 5.01. The van der Waals surface area contributed by atoms with Crippen molar-refractivity contribution in [2.24, 2.45) is 5.73 Å². The Morgan fingerprint density at radius 2 is 1.75 bits per heavy atom. The second-order valence-corrected chi connectivity index (χ2v) is 6.20. The molecule has 0 bridgehead atoms. The van der Waals surface area contributed by atoms with Gasteiger partial charge in [0.2, 0.25) is 5.91 Å². The summed E-state index contributed by atoms with van der Waals surface area (Å²) in [6.45, 7) is 6.64. The molecule has 0 saturated heterocycles. The number of carboxylic acids is 1. The lowest BCUT2D eigenvalue weighted by Gasteiger charge is -2.22. The van der Waals surface area contributed by atoms with Gasteiger partial charge in [-0.25, -0.2) is 14.4 Å². The average Bonchev–Trinajstić information content (AvgIpc) is 2.38. The van der Waals surface area contributed by atoms with E-state index in [1.165, 1.54) is 6.92 Å². The van der Waals surface area contributed by atoms with Gasteiger partial charge in [0.15, 0.2) is 0 Å². The van der Waals surface area contributed by atoms with E-state index in [1.807, 2.05) is 0 Å². The zero-order chi connectivity index (χ0) is 18.9. The van der Waals surface area contributed by atoms with Gasteiger partial charge in [-0.15, -0.1) is 0 Å². The number of aliphatic carboxylic acids is 1. The predicted octanol–water partition coefficient (Wildman–Crippen LogP) is -0.0825. The van der Waals surface area contributed by atoms with E-state index in [2.05, 4.69) is 16.0 Å². The number of amides is 4. The Hall–Kier alpha value is -2.52. The van der Waals surface area contributed by atoms with E-state index in [0.717, 1.165) is 0 Å². The molecule has 0 radical (unpaired) electrons. The maximum atomic E-state index is 12.0. The first-order valence-electron chi connectivity index (χ1n) is 7.48. The van der Waals surface area contributed by atoms with Crippen LogP contribution in [0.25, 0.3) is 0 Å². The highest BCUT2D eigenvalue weighted by atomic mass is 16.6. The van der Waals surface area contributed by atoms with Gasteiger partial charge in [-0.1, -0.05) is 0 Å². The van der Waals surface area contributed by atoms with Crippen LogP contribution in [0.4, 0.5) is 9.59 Å². The zero-order valence-electron chi connectivity index (χ0n) is 14.3. The highest BCUT2D eigenvalue weighted by molar-refractivity contribution is 5.88. The maximum absolute atomic E-state index is 12.0. The molecule has 2 atom stereocenters. The minimum absolute atomic E-state index is 0.0977. The van der Waals surface area contributed by atoms with Crippen LogP contribution in [-0.2, 0) is 14.3 Å². The van der Waals surface area contributed by atoms with Crippen LogP contribution in [0.3, 0.4) is 0 Å². The summed E-state index contributed by atoms with van der Waals surface area (Å²) >= 11 is 0. The van der Waals surface area contributed by atoms with Gasteiger partial charge in [-0.3, -0.25) is 4.79 Å². The van der Waals surface area contributed by atoms with Crippen LogP contribution in [0.15, 0.2) is 0 Å². The zero-order valence-corrected chi connectivity index (χ0v) is 14.3. The molecule has 0 rings (SSSR count). The second kappa shape index (κ2) is 9.58. The molecule has 0 aliphatic heterocycles. The van der Waals surface area contributed by atoms with Gasteiger partial charge in [0, 0.05) is 6.54 Å². The Morgan fingerprint density at radius 3 is 2.21 bits per heavy atom. The molecule has 0 aliphatic rings. The van der Waals surface area contributed by atoms with Crippen molar-refractivity contribution in [3.05, 3.63) is 0 Å². The third kappa shape index (κ3) is 10.2. The molecule has 138 valence electrons. The van der Waals surface area contributed by atoms with Crippen molar-refractivity contribution in [1.82, 2.24) is 16.0 Å². The molecule has 24 heavy (non-hydrogen) atoms. The number of carboxylic acid groups (broad SMARTS) is 1. The van der Waals surface area contributed by atoms with Gasteiger partial charge >= 0.3 is 18.1 Å². The molecule has 0 aliphatic carbocycles. The largest absolute Gasteiger partial charge is 0.480 e. The van der Waals surface area contributed by atoms with Crippen molar-refractivity contribution in [3.8, 4) is 0 Å². The Bertz CT molecular complexity index is 474. The molecule has 0 aromatic carbocycles. The highest BCUT2D eigenvalue weighted by Gasteiger charge is 2.25. The van der Waals surface area contributed by atoms with Gasteiger partial charge in [0.05, 0.1) is 0 Å². The summed E-state index contributed by atoms with van der Waals surface area (Å²) in [7, 11) is 0. The number of alkyl carbamates (subject to hydrolysis) is 1. The Labute approximate surface area is 140 Å². The first kappa shape index (κ1) is 21.5. The molecule has 0 fully saturated rings. The number of urea groups is 1. The molecule has 4 amide bonds. The van der Waals surface area contributed by atoms with Crippen LogP contribution in [0.1, 0.15) is 40.5 Å². The predicted molar refractivity (Wildman–Crippen MR) is 85.2 cm³/mol. The van der Waals surface area contributed by atoms with Crippen LogP contribution in [0.2, 0.25) is 0 Å². The normalized spacial score (nSPS) is 13.3. The third-order valence-corrected chi connectivity index (χ3v) is 2.71. The monoisotopic (exact) mass is 346 g/mol. The Kier molecular flexibility index (Phi) is 8.58. The lowest BCUT2D eigenvalue weighted by atomic mass is 10.1. The fraction of sp³-hybridized carbons (Fsp3) is 0.714. The number of primary amides is 1. The van der Waals surface area contributed by atoms with Crippen LogP contribution < -0.4 is 21.7 Å². The highest BCUT2D eigenvalue weighted by Crippen LogP contribution is 2.06. The molecule has 0 unspecified atom stereocenters. The van der Waals surface area contributed by atoms with Gasteiger partial charge in [0.25, 0.3) is 0 Å². The van der Waals surface area contributed by atoms with Crippen molar-refractivity contribution >= 4 is 24.0 Å². The van der Waals surface area contributed by atoms with Gasteiger partial charge < -0.3 is 31.5 Å². The molecular weight excluding hydrogens is 320 g/mol. The number of carbonyl (C=O) groups excluding carboxylic acids is 3. The average molecular weight is 346 g/mol. The fourth-order valence-electron chi connectivity index (χ4n) is 1.62. The number of carbonyl (C=O) groups is 4. The fourth-order valence-corrected chi connectivity index (χ4v) is 1.62. The SMILES string of the molecule is C[C@H](NC(=O)OC(C)(C)C)C(=O)N[C@@H](CCCNC(N)=O)C(=O)O. The number of hydrogen-bond donors (Lipinski definition) is 5. The quantitative estimate of drug-likeness (QED) is 0.386. The van der Waals surface area contributed by atoms with E-state index in [9.17, 15) is 19.2 Å². The van der Waals surface area contributed by atoms with Crippen molar-refractivity contribution in [2.75, 3.05) is 6.54 Å². The first-order chi connectivity index (χ1) is 10.9. The Balaban J connectivity index is 4.42. The number of nitrogens with one attached hydrogen (secondary N) is 3. The number of rotatable bonds is 8. The van der Waals surface area contributed by atoms with E-state index in [-0.39, 0.29) is 13.0 Å². The molecule has 0 spiro atoms. The van der Waals surface area contributed by atoms with Gasteiger partial charge in [0.1, 0.15) is 17.7 Å². The molecule has 10 heteroatoms. The molecule has 0 saturated carbocycles. The van der Waals surface area contributed by atoms with E-state index >= 15 is 0 Å². The summed E-state index contributed by atoms with van der Waals surface area (Å²) in [5.74, 6) is -1.87. The first-order valence-corrected chi connectivity index (χ1v) is 7.48. The van der Waals surface area contributed by atoms with E-state index in [1.54, 1.807) is 20.8 Å². The summed E-state index contributed by atoms with van der Waals surface area (Å²) in [5.41, 5.74) is 4.18. The minimum Gasteiger partial charge on any atom is -0.480 e. The number of nitrogens with two attached hydrogens (primary N) is 1. The molecular formula is C14H26N4O6. The lowest BCUT2D eigenvalue weighted by molar-refractivity contribution is -0.142. The number of hydrogen-bond acceptors (Lipinski definition) is 5. The van der Waals surface area contributed by atoms with Crippen LogP contribution in [0, 0.1) is 0 Å². The number of ether oxygens (including phenoxy) is 1. The maximum Gasteiger partial charge on any atom is 0.408 e. The minimum atomic E-state index is -1.22. The summed E-state index contributed by atoms with van der Waals surface area (Å²) in [4.78, 5) is 45.2. The summed E-state index contributed by atoms with van der Waals surface area (Å²) in [6, 6.07) is -2.82. The Morgan fingerprint density at radius 1 is 1.17 bits per heavy atom. The van der Waals surface area contributed by atoms with Gasteiger partial charge in [-0.2, -0.15) is 0 Å². The van der Waals surface area contributed by atoms with Gasteiger partial charge in [-0.05, 0) is 40.5 Å². The third-order valence-electron chi connectivity index (χ3n) is 2.71. The molecule has 0 heterocycles. The van der Waals surface area contributed by atoms with Crippen molar-refractivity contribution in [3.63, 3.8) is 0 Å². The topological polar surface area (TPSA) is 160 Å².